The molecule has 2 rings (SSSR count). The van der Waals surface area contributed by atoms with Crippen LogP contribution in [0, 0.1) is 24.4 Å². The van der Waals surface area contributed by atoms with E-state index in [1.165, 1.54) is 12.1 Å². The van der Waals surface area contributed by atoms with Gasteiger partial charge in [-0.05, 0) is 18.6 Å². The van der Waals surface area contributed by atoms with Gasteiger partial charge in [0.1, 0.15) is 17.2 Å². The number of hydrogen-bond acceptors (Lipinski definition) is 2. The summed E-state index contributed by atoms with van der Waals surface area (Å²) in [5.74, 6) is -4.20. The van der Waals surface area contributed by atoms with Crippen LogP contribution in [0.1, 0.15) is 19.4 Å². The Morgan fingerprint density at radius 1 is 0.900 bits per heavy atom. The number of phenols is 1. The molecule has 20 heavy (non-hydrogen) atoms. The van der Waals surface area contributed by atoms with Crippen LogP contribution in [0.4, 0.5) is 13.2 Å². The first-order chi connectivity index (χ1) is 9.47. The van der Waals surface area contributed by atoms with Gasteiger partial charge in [-0.1, -0.05) is 19.9 Å². The number of aryl methyl sites for hydroxylation is 1. The predicted octanol–water partition coefficient (Wildman–Crippen LogP) is 4.94. The van der Waals surface area contributed by atoms with Gasteiger partial charge in [-0.2, -0.15) is 0 Å². The van der Waals surface area contributed by atoms with E-state index in [9.17, 15) is 18.3 Å². The largest absolute Gasteiger partial charge is 0.508 e. The van der Waals surface area contributed by atoms with E-state index in [4.69, 9.17) is 4.74 Å². The average Bonchev–Trinajstić information content (AvgIpc) is 2.42. The molecule has 0 radical (unpaired) electrons. The van der Waals surface area contributed by atoms with Crippen LogP contribution >= 0.6 is 0 Å². The minimum absolute atomic E-state index is 0.00412. The van der Waals surface area contributed by atoms with Gasteiger partial charge in [0.25, 0.3) is 0 Å². The molecule has 2 nitrogen and oxygen atoms in total. The Bertz CT molecular complexity index is 575. The minimum atomic E-state index is -1.55. The lowest BCUT2D eigenvalue weighted by Crippen LogP contribution is -1.93. The van der Waals surface area contributed by atoms with Crippen molar-refractivity contribution < 1.29 is 23.0 Å². The Kier molecular flexibility index (Phi) is 5.43. The molecule has 5 heteroatoms. The fourth-order valence-corrected chi connectivity index (χ4v) is 1.38. The number of ether oxygens (including phenoxy) is 1. The fraction of sp³-hybridized carbons (Fsp3) is 0.200. The van der Waals surface area contributed by atoms with Crippen molar-refractivity contribution >= 4 is 0 Å². The number of benzene rings is 2. The lowest BCUT2D eigenvalue weighted by atomic mass is 10.2. The molecule has 0 amide bonds. The molecule has 0 atom stereocenters. The smallest absolute Gasteiger partial charge is 0.194 e. The monoisotopic (exact) mass is 284 g/mol. The van der Waals surface area contributed by atoms with Gasteiger partial charge in [0.15, 0.2) is 17.5 Å². The third-order valence-corrected chi connectivity index (χ3v) is 2.37. The Balaban J connectivity index is 0.000000956. The molecule has 0 aliphatic carbocycles. The van der Waals surface area contributed by atoms with Crippen molar-refractivity contribution in [1.82, 2.24) is 0 Å². The van der Waals surface area contributed by atoms with E-state index in [-0.39, 0.29) is 17.2 Å². The molecule has 2 aromatic rings. The molecule has 0 aromatic heterocycles. The van der Waals surface area contributed by atoms with E-state index in [1.807, 2.05) is 13.8 Å². The van der Waals surface area contributed by atoms with Crippen LogP contribution in [0.3, 0.4) is 0 Å². The number of phenolic OH excluding ortho intramolecular Hbond substituents is 1. The first kappa shape index (κ1) is 15.9. The number of hydrogen-bond donors (Lipinski definition) is 1. The molecule has 0 saturated heterocycles. The van der Waals surface area contributed by atoms with Crippen molar-refractivity contribution in [3.8, 4) is 17.2 Å². The maximum Gasteiger partial charge on any atom is 0.194 e. The zero-order chi connectivity index (χ0) is 15.3. The molecule has 0 fully saturated rings. The third-order valence-electron chi connectivity index (χ3n) is 2.37. The van der Waals surface area contributed by atoms with Crippen LogP contribution in [0.15, 0.2) is 30.3 Å². The van der Waals surface area contributed by atoms with Crippen molar-refractivity contribution in [1.29, 1.82) is 0 Å². The molecule has 0 spiro atoms. The molecule has 1 N–H and O–H groups in total. The molecule has 0 aliphatic heterocycles. The summed E-state index contributed by atoms with van der Waals surface area (Å²) in [5, 5.41) is 9.44. The highest BCUT2D eigenvalue weighted by atomic mass is 19.2. The van der Waals surface area contributed by atoms with Gasteiger partial charge in [0.2, 0.25) is 0 Å². The number of rotatable bonds is 2. The van der Waals surface area contributed by atoms with Crippen molar-refractivity contribution in [3.63, 3.8) is 0 Å². The first-order valence-electron chi connectivity index (χ1n) is 6.09. The summed E-state index contributed by atoms with van der Waals surface area (Å²) < 4.78 is 43.7. The van der Waals surface area contributed by atoms with Crippen LogP contribution in [-0.4, -0.2) is 5.11 Å². The second kappa shape index (κ2) is 6.84. The highest BCUT2D eigenvalue weighted by Gasteiger charge is 2.12. The SMILES string of the molecule is CC.Cc1ccc(Oc2cc(F)c(F)c(F)c2)cc1O. The first-order valence-corrected chi connectivity index (χ1v) is 6.09. The molecule has 2 aromatic carbocycles. The second-order valence-corrected chi connectivity index (χ2v) is 3.75. The van der Waals surface area contributed by atoms with Crippen molar-refractivity contribution in [3.05, 3.63) is 53.3 Å². The highest BCUT2D eigenvalue weighted by Crippen LogP contribution is 2.28. The molecular formula is C15H15F3O2. The summed E-state index contributed by atoms with van der Waals surface area (Å²) in [6.07, 6.45) is 0. The Labute approximate surface area is 115 Å². The van der Waals surface area contributed by atoms with Gasteiger partial charge in [0, 0.05) is 18.2 Å². The Hall–Kier alpha value is -2.17. The topological polar surface area (TPSA) is 29.5 Å². The van der Waals surface area contributed by atoms with E-state index in [1.54, 1.807) is 13.0 Å². The van der Waals surface area contributed by atoms with Crippen LogP contribution in [0.25, 0.3) is 0 Å². The van der Waals surface area contributed by atoms with Crippen molar-refractivity contribution in [2.45, 2.75) is 20.8 Å². The minimum Gasteiger partial charge on any atom is -0.508 e. The maximum absolute atomic E-state index is 12.9. The summed E-state index contributed by atoms with van der Waals surface area (Å²) >= 11 is 0. The Morgan fingerprint density at radius 3 is 1.95 bits per heavy atom. The van der Waals surface area contributed by atoms with Gasteiger partial charge in [0.05, 0.1) is 0 Å². The lowest BCUT2D eigenvalue weighted by Gasteiger charge is -2.08. The third kappa shape index (κ3) is 3.66. The van der Waals surface area contributed by atoms with Crippen molar-refractivity contribution in [2.75, 3.05) is 0 Å². The summed E-state index contributed by atoms with van der Waals surface area (Å²) in [6.45, 7) is 5.69. The van der Waals surface area contributed by atoms with E-state index < -0.39 is 17.5 Å². The molecule has 0 saturated carbocycles. The van der Waals surface area contributed by atoms with E-state index in [2.05, 4.69) is 0 Å². The molecule has 0 bridgehead atoms. The summed E-state index contributed by atoms with van der Waals surface area (Å²) in [5.41, 5.74) is 0.638. The summed E-state index contributed by atoms with van der Waals surface area (Å²) in [7, 11) is 0. The molecule has 0 heterocycles. The van der Waals surface area contributed by atoms with Crippen molar-refractivity contribution in [2.24, 2.45) is 0 Å². The molecule has 108 valence electrons. The van der Waals surface area contributed by atoms with Crippen LogP contribution in [0.2, 0.25) is 0 Å². The Morgan fingerprint density at radius 2 is 1.45 bits per heavy atom. The predicted molar refractivity (Wildman–Crippen MR) is 70.6 cm³/mol. The van der Waals surface area contributed by atoms with E-state index in [0.29, 0.717) is 5.56 Å². The maximum atomic E-state index is 12.9. The van der Waals surface area contributed by atoms with Gasteiger partial charge in [-0.3, -0.25) is 0 Å². The van der Waals surface area contributed by atoms with Gasteiger partial charge < -0.3 is 9.84 Å². The van der Waals surface area contributed by atoms with Gasteiger partial charge in [-0.15, -0.1) is 0 Å². The number of aromatic hydroxyl groups is 1. The molecule has 0 unspecified atom stereocenters. The van der Waals surface area contributed by atoms with E-state index >= 15 is 0 Å². The van der Waals surface area contributed by atoms with Gasteiger partial charge in [-0.25, -0.2) is 13.2 Å². The summed E-state index contributed by atoms with van der Waals surface area (Å²) in [6, 6.07) is 5.87. The quantitative estimate of drug-likeness (QED) is 0.792. The lowest BCUT2D eigenvalue weighted by molar-refractivity contribution is 0.420. The van der Waals surface area contributed by atoms with Crippen LogP contribution in [0.5, 0.6) is 17.2 Å². The average molecular weight is 284 g/mol. The molecule has 0 aliphatic rings. The second-order valence-electron chi connectivity index (χ2n) is 3.75. The van der Waals surface area contributed by atoms with Crippen LogP contribution < -0.4 is 4.74 Å². The zero-order valence-electron chi connectivity index (χ0n) is 11.4. The number of halogens is 3. The standard InChI is InChI=1S/C13H9F3O2.C2H6/c1-7-2-3-8(6-12(7)17)18-9-4-10(14)13(16)11(15)5-9;1-2/h2-6,17H,1H3;1-2H3. The molecular weight excluding hydrogens is 269 g/mol. The highest BCUT2D eigenvalue weighted by molar-refractivity contribution is 5.41. The van der Waals surface area contributed by atoms with Gasteiger partial charge >= 0.3 is 0 Å². The fourth-order valence-electron chi connectivity index (χ4n) is 1.38. The zero-order valence-corrected chi connectivity index (χ0v) is 11.4. The normalized spacial score (nSPS) is 9.70. The summed E-state index contributed by atoms with van der Waals surface area (Å²) in [4.78, 5) is 0. The van der Waals surface area contributed by atoms with Crippen LogP contribution in [-0.2, 0) is 0 Å². The van der Waals surface area contributed by atoms with E-state index in [0.717, 1.165) is 12.1 Å².